The van der Waals surface area contributed by atoms with E-state index < -0.39 is 0 Å². The van der Waals surface area contributed by atoms with Crippen LogP contribution < -0.4 is 20.1 Å². The summed E-state index contributed by atoms with van der Waals surface area (Å²) in [6, 6.07) is 13.1. The van der Waals surface area contributed by atoms with E-state index in [4.69, 9.17) is 21.1 Å². The predicted molar refractivity (Wildman–Crippen MR) is 105 cm³/mol. The van der Waals surface area contributed by atoms with Crippen LogP contribution in [0.2, 0.25) is 5.02 Å². The fourth-order valence-corrected chi connectivity index (χ4v) is 2.82. The lowest BCUT2D eigenvalue weighted by Gasteiger charge is -2.15. The first-order valence-electron chi connectivity index (χ1n) is 8.51. The summed E-state index contributed by atoms with van der Waals surface area (Å²) >= 11 is 5.98. The molecule has 1 amide bonds. The minimum atomic E-state index is -0.0729. The Hall–Kier alpha value is -2.24. The molecule has 1 atom stereocenters. The fourth-order valence-electron chi connectivity index (χ4n) is 2.61. The average Bonchev–Trinajstić information content (AvgIpc) is 2.62. The molecule has 0 saturated heterocycles. The predicted octanol–water partition coefficient (Wildman–Crippen LogP) is 3.91. The highest BCUT2D eigenvalue weighted by Gasteiger charge is 2.12. The van der Waals surface area contributed by atoms with Gasteiger partial charge in [0, 0.05) is 23.6 Å². The van der Waals surface area contributed by atoms with Gasteiger partial charge in [0.2, 0.25) is 5.91 Å². The van der Waals surface area contributed by atoms with Crippen molar-refractivity contribution in [2.45, 2.75) is 25.8 Å². The van der Waals surface area contributed by atoms with Crippen LogP contribution >= 0.6 is 11.6 Å². The Morgan fingerprint density at radius 2 is 1.96 bits per heavy atom. The zero-order valence-corrected chi connectivity index (χ0v) is 16.1. The maximum atomic E-state index is 12.3. The molecule has 2 aromatic carbocycles. The van der Waals surface area contributed by atoms with Crippen molar-refractivity contribution in [3.05, 3.63) is 53.1 Å². The summed E-state index contributed by atoms with van der Waals surface area (Å²) in [7, 11) is 3.15. The third kappa shape index (κ3) is 6.24. The Kier molecular flexibility index (Phi) is 7.75. The Bertz CT molecular complexity index is 737. The van der Waals surface area contributed by atoms with E-state index in [1.165, 1.54) is 5.56 Å². The Labute approximate surface area is 159 Å². The van der Waals surface area contributed by atoms with Crippen LogP contribution in [0.25, 0.3) is 0 Å². The van der Waals surface area contributed by atoms with Crippen molar-refractivity contribution in [3.8, 4) is 11.5 Å². The number of benzene rings is 2. The normalized spacial score (nSPS) is 11.7. The number of methoxy groups -OCH3 is 2. The molecule has 0 saturated carbocycles. The first kappa shape index (κ1) is 20.1. The molecule has 0 aromatic heterocycles. The van der Waals surface area contributed by atoms with Gasteiger partial charge in [0.05, 0.1) is 19.9 Å². The maximum absolute atomic E-state index is 12.3. The zero-order valence-electron chi connectivity index (χ0n) is 15.3. The van der Waals surface area contributed by atoms with Crippen LogP contribution in [0.15, 0.2) is 42.5 Å². The largest absolute Gasteiger partial charge is 0.497 e. The van der Waals surface area contributed by atoms with E-state index in [1.54, 1.807) is 32.4 Å². The first-order valence-corrected chi connectivity index (χ1v) is 8.89. The highest BCUT2D eigenvalue weighted by atomic mass is 35.5. The monoisotopic (exact) mass is 376 g/mol. The molecule has 1 unspecified atom stereocenters. The molecule has 0 bridgehead atoms. The van der Waals surface area contributed by atoms with E-state index in [2.05, 4.69) is 10.6 Å². The number of amides is 1. The number of anilines is 1. The molecule has 6 heteroatoms. The minimum Gasteiger partial charge on any atom is -0.497 e. The second kappa shape index (κ2) is 10.0. The lowest BCUT2D eigenvalue weighted by atomic mass is 10.1. The van der Waals surface area contributed by atoms with Gasteiger partial charge in [0.1, 0.15) is 11.5 Å². The number of nitrogens with one attached hydrogen (secondary N) is 2. The first-order chi connectivity index (χ1) is 12.5. The second-order valence-electron chi connectivity index (χ2n) is 6.05. The third-order valence-electron chi connectivity index (χ3n) is 3.97. The summed E-state index contributed by atoms with van der Waals surface area (Å²) in [6.07, 6.45) is 1.23. The smallest absolute Gasteiger partial charge is 0.226 e. The molecular formula is C20H25ClN2O3. The summed E-state index contributed by atoms with van der Waals surface area (Å²) in [5.41, 5.74) is 1.80. The molecule has 0 spiro atoms. The van der Waals surface area contributed by atoms with Gasteiger partial charge in [-0.1, -0.05) is 23.7 Å². The van der Waals surface area contributed by atoms with E-state index in [9.17, 15) is 4.79 Å². The zero-order chi connectivity index (χ0) is 18.9. The molecule has 0 heterocycles. The molecule has 2 rings (SSSR count). The quantitative estimate of drug-likeness (QED) is 0.696. The molecule has 5 nitrogen and oxygen atoms in total. The fraction of sp³-hybridized carbons (Fsp3) is 0.350. The summed E-state index contributed by atoms with van der Waals surface area (Å²) in [6.45, 7) is 2.77. The van der Waals surface area contributed by atoms with E-state index in [0.29, 0.717) is 23.6 Å². The second-order valence-corrected chi connectivity index (χ2v) is 6.49. The van der Waals surface area contributed by atoms with Crippen LogP contribution in [0.3, 0.4) is 0 Å². The van der Waals surface area contributed by atoms with Crippen LogP contribution in [-0.2, 0) is 11.2 Å². The van der Waals surface area contributed by atoms with E-state index >= 15 is 0 Å². The number of halogens is 1. The standard InChI is InChI=1S/C20H25ClN2O3/c1-14(22-10-9-15-5-4-6-16(21)12-15)11-20(24)23-18-8-7-17(25-2)13-19(18)26-3/h4-8,12-14,22H,9-11H2,1-3H3,(H,23,24). The molecule has 0 aliphatic carbocycles. The van der Waals surface area contributed by atoms with Crippen molar-refractivity contribution < 1.29 is 14.3 Å². The van der Waals surface area contributed by atoms with Gasteiger partial charge in [-0.3, -0.25) is 4.79 Å². The van der Waals surface area contributed by atoms with Crippen LogP contribution in [0.1, 0.15) is 18.9 Å². The Balaban J connectivity index is 1.80. The van der Waals surface area contributed by atoms with Crippen molar-refractivity contribution in [1.29, 1.82) is 0 Å². The summed E-state index contributed by atoms with van der Waals surface area (Å²) < 4.78 is 10.5. The van der Waals surface area contributed by atoms with Crippen LogP contribution in [-0.4, -0.2) is 32.7 Å². The van der Waals surface area contributed by atoms with Gasteiger partial charge in [-0.15, -0.1) is 0 Å². The van der Waals surface area contributed by atoms with Crippen molar-refractivity contribution >= 4 is 23.2 Å². The van der Waals surface area contributed by atoms with Crippen LogP contribution in [0, 0.1) is 0 Å². The topological polar surface area (TPSA) is 59.6 Å². The molecular weight excluding hydrogens is 352 g/mol. The number of ether oxygens (including phenoxy) is 2. The van der Waals surface area contributed by atoms with Gasteiger partial charge in [-0.2, -0.15) is 0 Å². The highest BCUT2D eigenvalue weighted by Crippen LogP contribution is 2.29. The number of hydrogen-bond donors (Lipinski definition) is 2. The summed E-state index contributed by atoms with van der Waals surface area (Å²) in [4.78, 5) is 12.3. The third-order valence-corrected chi connectivity index (χ3v) is 4.20. The SMILES string of the molecule is COc1ccc(NC(=O)CC(C)NCCc2cccc(Cl)c2)c(OC)c1. The molecule has 2 N–H and O–H groups in total. The molecule has 140 valence electrons. The van der Waals surface area contributed by atoms with E-state index in [-0.39, 0.29) is 11.9 Å². The number of carbonyl (C=O) groups excluding carboxylic acids is 1. The molecule has 26 heavy (non-hydrogen) atoms. The van der Waals surface area contributed by atoms with Crippen LogP contribution in [0.4, 0.5) is 5.69 Å². The highest BCUT2D eigenvalue weighted by molar-refractivity contribution is 6.30. The Morgan fingerprint density at radius 3 is 2.65 bits per heavy atom. The molecule has 0 fully saturated rings. The lowest BCUT2D eigenvalue weighted by molar-refractivity contribution is -0.116. The van der Waals surface area contributed by atoms with E-state index in [1.807, 2.05) is 31.2 Å². The number of rotatable bonds is 9. The van der Waals surface area contributed by atoms with Gasteiger partial charge in [-0.25, -0.2) is 0 Å². The maximum Gasteiger partial charge on any atom is 0.226 e. The molecule has 0 radical (unpaired) electrons. The molecule has 0 aliphatic rings. The van der Waals surface area contributed by atoms with Crippen molar-refractivity contribution in [2.75, 3.05) is 26.1 Å². The number of carbonyl (C=O) groups is 1. The van der Waals surface area contributed by atoms with Gasteiger partial charge >= 0.3 is 0 Å². The van der Waals surface area contributed by atoms with E-state index in [0.717, 1.165) is 18.0 Å². The van der Waals surface area contributed by atoms with Gasteiger partial charge < -0.3 is 20.1 Å². The van der Waals surface area contributed by atoms with Gasteiger partial charge in [0.15, 0.2) is 0 Å². The number of hydrogen-bond acceptors (Lipinski definition) is 4. The van der Waals surface area contributed by atoms with Gasteiger partial charge in [-0.05, 0) is 49.7 Å². The van der Waals surface area contributed by atoms with Crippen molar-refractivity contribution in [1.82, 2.24) is 5.32 Å². The molecule has 0 aliphatic heterocycles. The average molecular weight is 377 g/mol. The minimum absolute atomic E-state index is 0.0541. The van der Waals surface area contributed by atoms with Crippen LogP contribution in [0.5, 0.6) is 11.5 Å². The van der Waals surface area contributed by atoms with Crippen molar-refractivity contribution in [2.24, 2.45) is 0 Å². The van der Waals surface area contributed by atoms with Gasteiger partial charge in [0.25, 0.3) is 0 Å². The summed E-state index contributed by atoms with van der Waals surface area (Å²) in [5.74, 6) is 1.17. The molecule has 2 aromatic rings. The summed E-state index contributed by atoms with van der Waals surface area (Å²) in [5, 5.41) is 6.98. The lowest BCUT2D eigenvalue weighted by Crippen LogP contribution is -2.32. The Morgan fingerprint density at radius 1 is 1.15 bits per heavy atom. The van der Waals surface area contributed by atoms with Crippen molar-refractivity contribution in [3.63, 3.8) is 0 Å².